The average molecular weight is 316 g/mol. The number of carbonyl (C=O) groups excluding carboxylic acids is 1. The van der Waals surface area contributed by atoms with E-state index in [2.05, 4.69) is 17.4 Å². The summed E-state index contributed by atoms with van der Waals surface area (Å²) in [6.07, 6.45) is 6.36. The Morgan fingerprint density at radius 1 is 1.22 bits per heavy atom. The van der Waals surface area contributed by atoms with Gasteiger partial charge in [0.15, 0.2) is 5.72 Å². The fourth-order valence-corrected chi connectivity index (χ4v) is 4.30. The van der Waals surface area contributed by atoms with Crippen molar-refractivity contribution in [2.75, 3.05) is 7.05 Å². The van der Waals surface area contributed by atoms with Crippen molar-refractivity contribution in [2.24, 2.45) is 0 Å². The maximum atomic E-state index is 13.0. The van der Waals surface area contributed by atoms with Crippen LogP contribution in [-0.4, -0.2) is 40.3 Å². The van der Waals surface area contributed by atoms with Crippen molar-refractivity contribution in [1.29, 1.82) is 0 Å². The first-order valence-corrected chi connectivity index (χ1v) is 8.84. The molecule has 1 aliphatic carbocycles. The first kappa shape index (κ1) is 16.5. The Morgan fingerprint density at radius 2 is 1.87 bits per heavy atom. The molecule has 3 rings (SSSR count). The molecule has 2 N–H and O–H groups in total. The predicted molar refractivity (Wildman–Crippen MR) is 90.9 cm³/mol. The Balaban J connectivity index is 1.91. The van der Waals surface area contributed by atoms with E-state index in [0.717, 1.165) is 32.1 Å². The van der Waals surface area contributed by atoms with Crippen LogP contribution in [0.4, 0.5) is 0 Å². The van der Waals surface area contributed by atoms with Crippen molar-refractivity contribution in [1.82, 2.24) is 10.2 Å². The van der Waals surface area contributed by atoms with Crippen molar-refractivity contribution in [3.8, 4) is 0 Å². The number of aliphatic hydroxyl groups is 1. The minimum absolute atomic E-state index is 0.0610. The number of hydrogen-bond donors (Lipinski definition) is 2. The van der Waals surface area contributed by atoms with Gasteiger partial charge in [-0.3, -0.25) is 10.1 Å². The summed E-state index contributed by atoms with van der Waals surface area (Å²) in [7, 11) is 1.76. The van der Waals surface area contributed by atoms with Gasteiger partial charge in [-0.1, -0.05) is 56.5 Å². The molecular formula is C19H28N2O2. The third kappa shape index (κ3) is 2.79. The van der Waals surface area contributed by atoms with Gasteiger partial charge in [-0.2, -0.15) is 0 Å². The Labute approximate surface area is 138 Å². The molecule has 23 heavy (non-hydrogen) atoms. The third-order valence-electron chi connectivity index (χ3n) is 5.81. The molecule has 1 amide bonds. The Bertz CT molecular complexity index is 554. The largest absolute Gasteiger partial charge is 0.369 e. The summed E-state index contributed by atoms with van der Waals surface area (Å²) in [5.41, 5.74) is -0.422. The highest BCUT2D eigenvalue weighted by molar-refractivity contribution is 5.88. The topological polar surface area (TPSA) is 52.6 Å². The van der Waals surface area contributed by atoms with Crippen LogP contribution in [0, 0.1) is 0 Å². The van der Waals surface area contributed by atoms with E-state index in [-0.39, 0.29) is 11.9 Å². The quantitative estimate of drug-likeness (QED) is 0.901. The lowest BCUT2D eigenvalue weighted by Crippen LogP contribution is -2.77. The molecule has 1 saturated heterocycles. The van der Waals surface area contributed by atoms with Gasteiger partial charge >= 0.3 is 0 Å². The molecule has 2 aliphatic rings. The highest BCUT2D eigenvalue weighted by Crippen LogP contribution is 2.38. The van der Waals surface area contributed by atoms with E-state index in [1.807, 2.05) is 25.1 Å². The molecule has 1 spiro atoms. The second kappa shape index (κ2) is 6.25. The van der Waals surface area contributed by atoms with Crippen molar-refractivity contribution < 1.29 is 9.90 Å². The van der Waals surface area contributed by atoms with Gasteiger partial charge in [-0.15, -0.1) is 0 Å². The number of likely N-dealkylation sites (N-methyl/N-ethyl adjacent to an activating group) is 1. The van der Waals surface area contributed by atoms with Crippen LogP contribution in [0.3, 0.4) is 0 Å². The van der Waals surface area contributed by atoms with Gasteiger partial charge in [-0.05, 0) is 31.2 Å². The smallest absolute Gasteiger partial charge is 0.244 e. The van der Waals surface area contributed by atoms with Crippen LogP contribution in [0.2, 0.25) is 0 Å². The van der Waals surface area contributed by atoms with E-state index in [9.17, 15) is 9.90 Å². The monoisotopic (exact) mass is 316 g/mol. The number of hydrogen-bond acceptors (Lipinski definition) is 3. The Morgan fingerprint density at radius 3 is 2.48 bits per heavy atom. The van der Waals surface area contributed by atoms with Crippen LogP contribution in [0.1, 0.15) is 51.0 Å². The van der Waals surface area contributed by atoms with Crippen molar-refractivity contribution in [3.05, 3.63) is 35.9 Å². The first-order valence-electron chi connectivity index (χ1n) is 8.84. The second-order valence-corrected chi connectivity index (χ2v) is 7.13. The van der Waals surface area contributed by atoms with Gasteiger partial charge in [-0.25, -0.2) is 0 Å². The number of amides is 1. The second-order valence-electron chi connectivity index (χ2n) is 7.13. The lowest BCUT2D eigenvalue weighted by molar-refractivity contribution is -0.189. The van der Waals surface area contributed by atoms with Gasteiger partial charge in [0.25, 0.3) is 0 Å². The van der Waals surface area contributed by atoms with Crippen LogP contribution in [0.25, 0.3) is 0 Å². The summed E-state index contributed by atoms with van der Waals surface area (Å²) in [6.45, 7) is 1.95. The molecule has 0 aromatic heterocycles. The molecular weight excluding hydrogens is 288 g/mol. The normalized spacial score (nSPS) is 30.7. The summed E-state index contributed by atoms with van der Waals surface area (Å²) < 4.78 is 0. The van der Waals surface area contributed by atoms with E-state index in [1.165, 1.54) is 12.0 Å². The molecule has 0 radical (unpaired) electrons. The van der Waals surface area contributed by atoms with E-state index in [4.69, 9.17) is 0 Å². The van der Waals surface area contributed by atoms with Crippen molar-refractivity contribution >= 4 is 5.91 Å². The highest BCUT2D eigenvalue weighted by atomic mass is 16.3. The van der Waals surface area contributed by atoms with Crippen molar-refractivity contribution in [2.45, 2.75) is 69.2 Å². The first-order chi connectivity index (χ1) is 11.0. The third-order valence-corrected chi connectivity index (χ3v) is 5.81. The standard InChI is InChI=1S/C19H28N2O2/c1-3-19(23)16(14-15-10-6-4-7-11-15)20-18(17(22)21(19)2)12-8-5-9-13-18/h4,6-7,10-11,16,20,23H,3,5,8-9,12-14H2,1-2H3/t16-,19-/m0/s1. The number of nitrogens with one attached hydrogen (secondary N) is 1. The number of benzene rings is 1. The summed E-state index contributed by atoms with van der Waals surface area (Å²) in [5.74, 6) is 0.0610. The summed E-state index contributed by atoms with van der Waals surface area (Å²) in [6, 6.07) is 10.1. The van der Waals surface area contributed by atoms with E-state index in [0.29, 0.717) is 6.42 Å². The predicted octanol–water partition coefficient (Wildman–Crippen LogP) is 2.46. The number of piperazine rings is 1. The van der Waals surface area contributed by atoms with Crippen LogP contribution in [0.5, 0.6) is 0 Å². The minimum Gasteiger partial charge on any atom is -0.369 e. The average Bonchev–Trinajstić information content (AvgIpc) is 2.60. The highest BCUT2D eigenvalue weighted by Gasteiger charge is 2.55. The molecule has 0 bridgehead atoms. The number of nitrogens with zero attached hydrogens (tertiary/aromatic N) is 1. The molecule has 1 saturated carbocycles. The molecule has 0 unspecified atom stereocenters. The molecule has 4 nitrogen and oxygen atoms in total. The zero-order valence-electron chi connectivity index (χ0n) is 14.2. The zero-order valence-corrected chi connectivity index (χ0v) is 14.2. The summed E-state index contributed by atoms with van der Waals surface area (Å²) in [5, 5.41) is 14.8. The van der Waals surface area contributed by atoms with Gasteiger partial charge in [0.1, 0.15) is 0 Å². The van der Waals surface area contributed by atoms with E-state index < -0.39 is 11.3 Å². The summed E-state index contributed by atoms with van der Waals surface area (Å²) in [4.78, 5) is 14.6. The maximum Gasteiger partial charge on any atom is 0.244 e. The fraction of sp³-hybridized carbons (Fsp3) is 0.632. The van der Waals surface area contributed by atoms with Crippen molar-refractivity contribution in [3.63, 3.8) is 0 Å². The van der Waals surface area contributed by atoms with Gasteiger partial charge in [0.05, 0.1) is 11.6 Å². The van der Waals surface area contributed by atoms with Gasteiger partial charge in [0.2, 0.25) is 5.91 Å². The van der Waals surface area contributed by atoms with Gasteiger partial charge < -0.3 is 10.0 Å². The summed E-state index contributed by atoms with van der Waals surface area (Å²) >= 11 is 0. The lowest BCUT2D eigenvalue weighted by Gasteiger charge is -2.55. The Kier molecular flexibility index (Phi) is 4.47. The molecule has 1 aromatic rings. The SMILES string of the molecule is CC[C@]1(O)[C@H](Cc2ccccc2)NC2(CCCCC2)C(=O)N1C. The molecule has 2 fully saturated rings. The molecule has 2 atom stereocenters. The van der Waals surface area contributed by atoms with Crippen LogP contribution >= 0.6 is 0 Å². The zero-order chi connectivity index (χ0) is 16.5. The number of rotatable bonds is 3. The maximum absolute atomic E-state index is 13.0. The molecule has 1 aliphatic heterocycles. The number of carbonyl (C=O) groups is 1. The lowest BCUT2D eigenvalue weighted by atomic mass is 9.75. The fourth-order valence-electron chi connectivity index (χ4n) is 4.30. The Hall–Kier alpha value is -1.39. The van der Waals surface area contributed by atoms with Crippen LogP contribution in [0.15, 0.2) is 30.3 Å². The van der Waals surface area contributed by atoms with Crippen LogP contribution in [-0.2, 0) is 11.2 Å². The molecule has 1 aromatic carbocycles. The minimum atomic E-state index is -1.13. The van der Waals surface area contributed by atoms with Crippen LogP contribution < -0.4 is 5.32 Å². The molecule has 4 heteroatoms. The van der Waals surface area contributed by atoms with Gasteiger partial charge in [0, 0.05) is 7.05 Å². The molecule has 1 heterocycles. The van der Waals surface area contributed by atoms with E-state index in [1.54, 1.807) is 11.9 Å². The van der Waals surface area contributed by atoms with E-state index >= 15 is 0 Å². The molecule has 126 valence electrons.